The molecule has 0 unspecified atom stereocenters. The van der Waals surface area contributed by atoms with Crippen molar-refractivity contribution in [3.63, 3.8) is 0 Å². The van der Waals surface area contributed by atoms with Crippen LogP contribution in [0.5, 0.6) is 0 Å². The smallest absolute Gasteiger partial charge is 0.170 e. The van der Waals surface area contributed by atoms with Crippen LogP contribution in [0.25, 0.3) is 0 Å². The monoisotopic (exact) mass is 381 g/mol. The molecule has 110 valence electrons. The molecule has 0 atom stereocenters. The van der Waals surface area contributed by atoms with Crippen LogP contribution in [0.15, 0.2) is 57.9 Å². The van der Waals surface area contributed by atoms with E-state index in [-0.39, 0.29) is 0 Å². The molecule has 6 heteroatoms. The summed E-state index contributed by atoms with van der Waals surface area (Å²) in [4.78, 5) is 1.24. The average molecular weight is 382 g/mol. The molecule has 0 aliphatic heterocycles. The summed E-state index contributed by atoms with van der Waals surface area (Å²) in [6.07, 6.45) is 0. The van der Waals surface area contributed by atoms with Crippen LogP contribution >= 0.6 is 39.9 Å². The van der Waals surface area contributed by atoms with E-state index in [9.17, 15) is 0 Å². The number of benzene rings is 2. The van der Waals surface area contributed by atoms with E-state index in [1.807, 2.05) is 36.4 Å². The maximum Gasteiger partial charge on any atom is 0.170 e. The Hall–Kier alpha value is -1.24. The molecule has 4 N–H and O–H groups in total. The number of thiocarbonyl (C=S) groups is 1. The predicted octanol–water partition coefficient (Wildman–Crippen LogP) is 4.11. The number of anilines is 2. The predicted molar refractivity (Wildman–Crippen MR) is 99.9 cm³/mol. The van der Waals surface area contributed by atoms with E-state index in [0.717, 1.165) is 28.1 Å². The second-order valence-electron chi connectivity index (χ2n) is 4.31. The van der Waals surface area contributed by atoms with Gasteiger partial charge in [0.2, 0.25) is 0 Å². The zero-order valence-corrected chi connectivity index (χ0v) is 14.5. The van der Waals surface area contributed by atoms with Crippen molar-refractivity contribution in [2.24, 2.45) is 0 Å². The number of hydrogen-bond donors (Lipinski definition) is 3. The van der Waals surface area contributed by atoms with Crippen molar-refractivity contribution >= 4 is 56.4 Å². The Morgan fingerprint density at radius 3 is 2.67 bits per heavy atom. The van der Waals surface area contributed by atoms with Crippen LogP contribution in [0, 0.1) is 0 Å². The summed E-state index contributed by atoms with van der Waals surface area (Å²) in [6, 6.07) is 15.7. The van der Waals surface area contributed by atoms with E-state index in [1.165, 1.54) is 4.90 Å². The Bertz CT molecular complexity index is 602. The molecule has 0 aromatic heterocycles. The number of hydrogen-bond acceptors (Lipinski definition) is 3. The van der Waals surface area contributed by atoms with Crippen molar-refractivity contribution in [3.8, 4) is 0 Å². The van der Waals surface area contributed by atoms with Crippen LogP contribution in [0.1, 0.15) is 0 Å². The number of nitrogens with two attached hydrogens (primary N) is 1. The zero-order chi connectivity index (χ0) is 15.1. The van der Waals surface area contributed by atoms with Crippen molar-refractivity contribution < 1.29 is 0 Å². The standard InChI is InChI=1S/C15H16BrN3S2/c16-11-2-1-3-14(10-11)21-9-8-18-15(20)19-13-6-4-12(17)5-7-13/h1-7,10H,8-9,17H2,(H2,18,19,20). The van der Waals surface area contributed by atoms with Crippen molar-refractivity contribution in [2.75, 3.05) is 23.3 Å². The maximum absolute atomic E-state index is 5.64. The fourth-order valence-corrected chi connectivity index (χ4v) is 3.23. The molecule has 2 aromatic rings. The lowest BCUT2D eigenvalue weighted by Gasteiger charge is -2.10. The quantitative estimate of drug-likeness (QED) is 0.315. The molecule has 0 spiro atoms. The normalized spacial score (nSPS) is 10.1. The molecule has 21 heavy (non-hydrogen) atoms. The van der Waals surface area contributed by atoms with E-state index in [1.54, 1.807) is 11.8 Å². The van der Waals surface area contributed by atoms with Gasteiger partial charge < -0.3 is 16.4 Å². The molecule has 3 nitrogen and oxygen atoms in total. The Kier molecular flexibility index (Phi) is 6.35. The van der Waals surface area contributed by atoms with Gasteiger partial charge in [0.15, 0.2) is 5.11 Å². The molecule has 0 fully saturated rings. The Morgan fingerprint density at radius 2 is 1.95 bits per heavy atom. The van der Waals surface area contributed by atoms with E-state index in [4.69, 9.17) is 18.0 Å². The molecule has 2 rings (SSSR count). The first-order chi connectivity index (χ1) is 10.1. The lowest BCUT2D eigenvalue weighted by molar-refractivity contribution is 0.990. The van der Waals surface area contributed by atoms with Crippen LogP contribution in [0.4, 0.5) is 11.4 Å². The van der Waals surface area contributed by atoms with Gasteiger partial charge in [-0.3, -0.25) is 0 Å². The van der Waals surface area contributed by atoms with Crippen molar-refractivity contribution in [1.82, 2.24) is 5.32 Å². The third-order valence-electron chi connectivity index (χ3n) is 2.62. The van der Waals surface area contributed by atoms with E-state index in [2.05, 4.69) is 38.7 Å². The van der Waals surface area contributed by atoms with Gasteiger partial charge in [-0.2, -0.15) is 0 Å². The van der Waals surface area contributed by atoms with Crippen LogP contribution in [-0.2, 0) is 0 Å². The van der Waals surface area contributed by atoms with E-state index in [0.29, 0.717) is 5.11 Å². The summed E-state index contributed by atoms with van der Waals surface area (Å²) in [5, 5.41) is 6.93. The molecule has 0 bridgehead atoms. The fourth-order valence-electron chi connectivity index (χ4n) is 1.63. The molecule has 0 saturated heterocycles. The van der Waals surface area contributed by atoms with Gasteiger partial charge in [-0.15, -0.1) is 11.8 Å². The molecule has 0 aliphatic rings. The van der Waals surface area contributed by atoms with Gasteiger partial charge in [0.1, 0.15) is 0 Å². The van der Waals surface area contributed by atoms with Crippen LogP contribution < -0.4 is 16.4 Å². The summed E-state index contributed by atoms with van der Waals surface area (Å²) in [6.45, 7) is 0.804. The molecule has 0 heterocycles. The van der Waals surface area contributed by atoms with Gasteiger partial charge in [0.25, 0.3) is 0 Å². The Morgan fingerprint density at radius 1 is 1.19 bits per heavy atom. The second-order valence-corrected chi connectivity index (χ2v) is 6.80. The Labute approximate surface area is 142 Å². The minimum Gasteiger partial charge on any atom is -0.399 e. The fraction of sp³-hybridized carbons (Fsp3) is 0.133. The maximum atomic E-state index is 5.64. The number of halogens is 1. The molecular formula is C15H16BrN3S2. The topological polar surface area (TPSA) is 50.1 Å². The van der Waals surface area contributed by atoms with Crippen LogP contribution in [0.3, 0.4) is 0 Å². The third-order valence-corrected chi connectivity index (χ3v) is 4.36. The first-order valence-corrected chi connectivity index (χ1v) is 8.61. The SMILES string of the molecule is Nc1ccc(NC(=S)NCCSc2cccc(Br)c2)cc1. The van der Waals surface area contributed by atoms with Gasteiger partial charge in [-0.1, -0.05) is 22.0 Å². The summed E-state index contributed by atoms with van der Waals surface area (Å²) in [7, 11) is 0. The van der Waals surface area contributed by atoms with Gasteiger partial charge in [-0.05, 0) is 54.7 Å². The highest BCUT2D eigenvalue weighted by atomic mass is 79.9. The van der Waals surface area contributed by atoms with Gasteiger partial charge in [0, 0.05) is 33.0 Å². The highest BCUT2D eigenvalue weighted by Crippen LogP contribution is 2.21. The van der Waals surface area contributed by atoms with Gasteiger partial charge >= 0.3 is 0 Å². The number of rotatable bonds is 5. The molecule has 0 aliphatic carbocycles. The summed E-state index contributed by atoms with van der Waals surface area (Å²) < 4.78 is 1.10. The van der Waals surface area contributed by atoms with Gasteiger partial charge in [0.05, 0.1) is 0 Å². The molecule has 0 saturated carbocycles. The van der Waals surface area contributed by atoms with Crippen molar-refractivity contribution in [3.05, 3.63) is 53.0 Å². The first-order valence-electron chi connectivity index (χ1n) is 6.42. The minimum absolute atomic E-state index is 0.620. The Balaban J connectivity index is 1.68. The second kappa shape index (κ2) is 8.26. The summed E-state index contributed by atoms with van der Waals surface area (Å²) in [5.41, 5.74) is 7.31. The molecular weight excluding hydrogens is 366 g/mol. The largest absolute Gasteiger partial charge is 0.399 e. The molecule has 0 radical (unpaired) electrons. The van der Waals surface area contributed by atoms with Crippen LogP contribution in [0.2, 0.25) is 0 Å². The van der Waals surface area contributed by atoms with Gasteiger partial charge in [-0.25, -0.2) is 0 Å². The van der Waals surface area contributed by atoms with Crippen molar-refractivity contribution in [1.29, 1.82) is 0 Å². The third kappa shape index (κ3) is 5.95. The average Bonchev–Trinajstić information content (AvgIpc) is 2.46. The number of nitrogens with one attached hydrogen (secondary N) is 2. The highest BCUT2D eigenvalue weighted by molar-refractivity contribution is 9.10. The number of thioether (sulfide) groups is 1. The lowest BCUT2D eigenvalue weighted by atomic mass is 10.3. The minimum atomic E-state index is 0.620. The van der Waals surface area contributed by atoms with E-state index < -0.39 is 0 Å². The van der Waals surface area contributed by atoms with Crippen molar-refractivity contribution in [2.45, 2.75) is 4.90 Å². The molecule has 2 aromatic carbocycles. The summed E-state index contributed by atoms with van der Waals surface area (Å²) in [5.74, 6) is 0.944. The molecule has 0 amide bonds. The zero-order valence-electron chi connectivity index (χ0n) is 11.3. The lowest BCUT2D eigenvalue weighted by Crippen LogP contribution is -2.30. The summed E-state index contributed by atoms with van der Waals surface area (Å²) >= 11 is 10.5. The number of nitrogen functional groups attached to an aromatic ring is 1. The van der Waals surface area contributed by atoms with E-state index >= 15 is 0 Å². The highest BCUT2D eigenvalue weighted by Gasteiger charge is 1.98. The first kappa shape index (κ1) is 16.1. The van der Waals surface area contributed by atoms with Crippen LogP contribution in [-0.4, -0.2) is 17.4 Å².